The number of rotatable bonds is 7. The Labute approximate surface area is 208 Å². The summed E-state index contributed by atoms with van der Waals surface area (Å²) in [4.78, 5) is 25.4. The first-order valence-electron chi connectivity index (χ1n) is 11.3. The third-order valence-corrected chi connectivity index (χ3v) is 6.65. The van der Waals surface area contributed by atoms with E-state index in [1.54, 1.807) is 13.0 Å². The van der Waals surface area contributed by atoms with Gasteiger partial charge in [0.2, 0.25) is 0 Å². The van der Waals surface area contributed by atoms with Crippen LogP contribution in [0.25, 0.3) is 0 Å². The fourth-order valence-corrected chi connectivity index (χ4v) is 4.07. The molecule has 0 radical (unpaired) electrons. The van der Waals surface area contributed by atoms with Gasteiger partial charge in [0.25, 0.3) is 5.91 Å². The van der Waals surface area contributed by atoms with Gasteiger partial charge in [-0.3, -0.25) is 9.59 Å². The van der Waals surface area contributed by atoms with E-state index in [0.29, 0.717) is 17.5 Å². The maximum Gasteiger partial charge on any atom is 0.255 e. The molecule has 36 heavy (non-hydrogen) atoms. The van der Waals surface area contributed by atoms with Crippen LogP contribution in [0.4, 0.5) is 0 Å². The predicted molar refractivity (Wildman–Crippen MR) is 129 cm³/mol. The van der Waals surface area contributed by atoms with Gasteiger partial charge in [0.15, 0.2) is 17.3 Å². The topological polar surface area (TPSA) is 166 Å². The van der Waals surface area contributed by atoms with Gasteiger partial charge in [-0.2, -0.15) is 0 Å². The van der Waals surface area contributed by atoms with Crippen molar-refractivity contribution in [1.82, 2.24) is 5.32 Å². The summed E-state index contributed by atoms with van der Waals surface area (Å²) in [6, 6.07) is 5.88. The molecule has 3 rings (SSSR count). The molecule has 0 aliphatic heterocycles. The Morgan fingerprint density at radius 1 is 1.06 bits per heavy atom. The zero-order valence-corrected chi connectivity index (χ0v) is 20.7. The molecule has 0 spiro atoms. The van der Waals surface area contributed by atoms with Crippen molar-refractivity contribution in [2.45, 2.75) is 51.9 Å². The lowest BCUT2D eigenvalue weighted by Crippen LogP contribution is -2.59. The molecular formula is C26H31NO9. The highest BCUT2D eigenvalue weighted by Gasteiger charge is 2.52. The molecule has 10 nitrogen and oxygen atoms in total. The summed E-state index contributed by atoms with van der Waals surface area (Å²) >= 11 is 0. The fraction of sp³-hybridized carbons (Fsp3) is 0.385. The third-order valence-electron chi connectivity index (χ3n) is 6.65. The lowest BCUT2D eigenvalue weighted by Gasteiger charge is -2.41. The summed E-state index contributed by atoms with van der Waals surface area (Å²) < 4.78 is 11.1. The summed E-state index contributed by atoms with van der Waals surface area (Å²) in [5.74, 6) is -2.00. The van der Waals surface area contributed by atoms with E-state index in [0.717, 1.165) is 0 Å². The summed E-state index contributed by atoms with van der Waals surface area (Å²) in [5.41, 5.74) is -0.286. The van der Waals surface area contributed by atoms with E-state index < -0.39 is 29.5 Å². The molecule has 0 fully saturated rings. The van der Waals surface area contributed by atoms with Crippen LogP contribution < -0.4 is 10.1 Å². The average molecular weight is 502 g/mol. The molecule has 2 aromatic rings. The molecule has 2 aromatic carbocycles. The highest BCUT2D eigenvalue weighted by Crippen LogP contribution is 2.39. The number of phenols is 3. The van der Waals surface area contributed by atoms with Gasteiger partial charge < -0.3 is 40.3 Å². The van der Waals surface area contributed by atoms with Crippen LogP contribution in [-0.4, -0.2) is 68.7 Å². The van der Waals surface area contributed by atoms with Crippen molar-refractivity contribution in [2.24, 2.45) is 0 Å². The van der Waals surface area contributed by atoms with Gasteiger partial charge in [-0.1, -0.05) is 6.07 Å². The van der Waals surface area contributed by atoms with Crippen LogP contribution in [0.1, 0.15) is 40.9 Å². The Morgan fingerprint density at radius 2 is 1.72 bits per heavy atom. The van der Waals surface area contributed by atoms with Gasteiger partial charge in [0.05, 0.1) is 5.56 Å². The number of aliphatic hydroxyl groups excluding tert-OH is 2. The second-order valence-electron chi connectivity index (χ2n) is 9.02. The van der Waals surface area contributed by atoms with E-state index in [1.165, 1.54) is 46.1 Å². The summed E-state index contributed by atoms with van der Waals surface area (Å²) in [6.07, 6.45) is -2.68. The molecule has 0 aromatic heterocycles. The minimum absolute atomic E-state index is 0.0168. The van der Waals surface area contributed by atoms with Gasteiger partial charge in [0.1, 0.15) is 35.1 Å². The van der Waals surface area contributed by atoms with Gasteiger partial charge in [-0.15, -0.1) is 0 Å². The Morgan fingerprint density at radius 3 is 2.33 bits per heavy atom. The number of hydrogen-bond acceptors (Lipinski definition) is 9. The van der Waals surface area contributed by atoms with E-state index >= 15 is 0 Å². The quantitative estimate of drug-likeness (QED) is 0.310. The SMILES string of the molecule is COC1(C)C(O)C(=O)C(C)=C(Oc2cc(C)c(C(=O)NCCc3ccc(O)c(O)c3)c(O)c2C)C1O. The molecule has 3 atom stereocenters. The van der Waals surface area contributed by atoms with E-state index in [1.807, 2.05) is 0 Å². The number of benzene rings is 2. The fourth-order valence-electron chi connectivity index (χ4n) is 4.07. The van der Waals surface area contributed by atoms with Gasteiger partial charge in [0, 0.05) is 24.8 Å². The lowest BCUT2D eigenvalue weighted by atomic mass is 9.80. The lowest BCUT2D eigenvalue weighted by molar-refractivity contribution is -0.170. The molecule has 3 unspecified atom stereocenters. The molecular weight excluding hydrogens is 470 g/mol. The molecule has 0 saturated carbocycles. The number of phenolic OH excluding ortho intramolecular Hbond substituents is 3. The molecule has 1 aliphatic rings. The first-order valence-corrected chi connectivity index (χ1v) is 11.3. The Bertz CT molecular complexity index is 1240. The van der Waals surface area contributed by atoms with Crippen molar-refractivity contribution >= 4 is 11.7 Å². The Kier molecular flexibility index (Phi) is 7.63. The normalized spacial score (nSPS) is 22.0. The number of ether oxygens (including phenoxy) is 2. The number of aromatic hydroxyl groups is 3. The average Bonchev–Trinajstić information content (AvgIpc) is 2.84. The van der Waals surface area contributed by atoms with Crippen LogP contribution in [0.5, 0.6) is 23.0 Å². The highest BCUT2D eigenvalue weighted by atomic mass is 16.5. The maximum absolute atomic E-state index is 12.8. The first-order chi connectivity index (χ1) is 16.8. The summed E-state index contributed by atoms with van der Waals surface area (Å²) in [6.45, 7) is 6.14. The van der Waals surface area contributed by atoms with Crippen molar-refractivity contribution < 1.29 is 44.6 Å². The van der Waals surface area contributed by atoms with E-state index in [2.05, 4.69) is 5.32 Å². The third kappa shape index (κ3) is 4.75. The number of methoxy groups -OCH3 is 1. The number of carbonyl (C=O) groups excluding carboxylic acids is 2. The van der Waals surface area contributed by atoms with E-state index in [9.17, 15) is 35.1 Å². The van der Waals surface area contributed by atoms with Gasteiger partial charge >= 0.3 is 0 Å². The molecule has 194 valence electrons. The first kappa shape index (κ1) is 27.0. The van der Waals surface area contributed by atoms with Crippen molar-refractivity contribution in [3.8, 4) is 23.0 Å². The molecule has 6 N–H and O–H groups in total. The van der Waals surface area contributed by atoms with Crippen molar-refractivity contribution in [3.05, 3.63) is 57.9 Å². The monoisotopic (exact) mass is 501 g/mol. The summed E-state index contributed by atoms with van der Waals surface area (Å²) in [7, 11) is 1.26. The number of nitrogens with one attached hydrogen (secondary N) is 1. The zero-order valence-electron chi connectivity index (χ0n) is 20.7. The molecule has 0 heterocycles. The molecule has 0 bridgehead atoms. The zero-order chi connectivity index (χ0) is 26.9. The number of aliphatic hydroxyl groups is 2. The maximum atomic E-state index is 12.8. The van der Waals surface area contributed by atoms with Gasteiger partial charge in [-0.25, -0.2) is 0 Å². The van der Waals surface area contributed by atoms with Crippen molar-refractivity contribution in [1.29, 1.82) is 0 Å². The predicted octanol–water partition coefficient (Wildman–Crippen LogP) is 1.76. The standard InChI is InChI=1S/C26H31NO9/c1-12-10-18(36-22-14(3)21(31)23(32)26(4,35-5)24(22)33)13(2)20(30)19(12)25(34)27-9-8-15-6-7-16(28)17(29)11-15/h6-7,10-11,23-24,28-30,32-33H,8-9H2,1-5H3,(H,27,34). The second-order valence-corrected chi connectivity index (χ2v) is 9.02. The number of amides is 1. The molecule has 1 amide bonds. The van der Waals surface area contributed by atoms with Crippen LogP contribution in [0.3, 0.4) is 0 Å². The van der Waals surface area contributed by atoms with Crippen LogP contribution >= 0.6 is 0 Å². The van der Waals surface area contributed by atoms with Crippen LogP contribution in [0.15, 0.2) is 35.6 Å². The smallest absolute Gasteiger partial charge is 0.255 e. The minimum Gasteiger partial charge on any atom is -0.507 e. The highest BCUT2D eigenvalue weighted by molar-refractivity contribution is 6.01. The number of aryl methyl sites for hydroxylation is 1. The van der Waals surface area contributed by atoms with Crippen LogP contribution in [0, 0.1) is 13.8 Å². The number of hydrogen-bond donors (Lipinski definition) is 6. The van der Waals surface area contributed by atoms with Crippen molar-refractivity contribution in [2.75, 3.05) is 13.7 Å². The molecule has 1 aliphatic carbocycles. The van der Waals surface area contributed by atoms with Crippen LogP contribution in [0.2, 0.25) is 0 Å². The van der Waals surface area contributed by atoms with E-state index in [4.69, 9.17) is 9.47 Å². The van der Waals surface area contributed by atoms with Gasteiger partial charge in [-0.05, 0) is 63.4 Å². The molecule has 10 heteroatoms. The number of ketones is 1. The second kappa shape index (κ2) is 10.2. The number of Topliss-reactive ketones (excluding diaryl/α,β-unsaturated/α-hetero) is 1. The summed E-state index contributed by atoms with van der Waals surface area (Å²) in [5, 5.41) is 53.6. The van der Waals surface area contributed by atoms with E-state index in [-0.39, 0.29) is 52.0 Å². The Hall–Kier alpha value is -3.60. The van der Waals surface area contributed by atoms with Crippen LogP contribution in [-0.2, 0) is 16.0 Å². The number of carbonyl (C=O) groups is 2. The largest absolute Gasteiger partial charge is 0.507 e. The van der Waals surface area contributed by atoms with Crippen molar-refractivity contribution in [3.63, 3.8) is 0 Å². The molecule has 0 saturated heterocycles. The minimum atomic E-state index is -1.63. The Balaban J connectivity index is 1.82.